The van der Waals surface area contributed by atoms with Crippen molar-refractivity contribution in [3.8, 4) is 0 Å². The van der Waals surface area contributed by atoms with E-state index in [4.69, 9.17) is 0 Å². The fourth-order valence-corrected chi connectivity index (χ4v) is 1.96. The fourth-order valence-electron chi connectivity index (χ4n) is 1.96. The molecule has 0 bridgehead atoms. The summed E-state index contributed by atoms with van der Waals surface area (Å²) in [5, 5.41) is 5.74. The van der Waals surface area contributed by atoms with Crippen molar-refractivity contribution in [2.75, 3.05) is 6.54 Å². The Kier molecular flexibility index (Phi) is 3.17. The van der Waals surface area contributed by atoms with Gasteiger partial charge in [-0.2, -0.15) is 0 Å². The lowest BCUT2D eigenvalue weighted by molar-refractivity contribution is 0.236. The molecular weight excluding hydrogens is 164 g/mol. The standard InChI is InChI=1S/C10H20N2O/c1-4-11-9(13)12-8-5-6-10(2,3)7-8/h8H,4-7H2,1-3H3,(H2,11,12,13). The quantitative estimate of drug-likeness (QED) is 0.676. The predicted octanol–water partition coefficient (Wildman–Crippen LogP) is 1.88. The zero-order chi connectivity index (χ0) is 9.90. The highest BCUT2D eigenvalue weighted by molar-refractivity contribution is 5.74. The van der Waals surface area contributed by atoms with E-state index in [2.05, 4.69) is 24.5 Å². The van der Waals surface area contributed by atoms with Gasteiger partial charge in [-0.3, -0.25) is 0 Å². The molecular formula is C10H20N2O. The zero-order valence-electron chi connectivity index (χ0n) is 8.81. The Hall–Kier alpha value is -0.730. The van der Waals surface area contributed by atoms with E-state index >= 15 is 0 Å². The van der Waals surface area contributed by atoms with Crippen LogP contribution >= 0.6 is 0 Å². The van der Waals surface area contributed by atoms with Gasteiger partial charge >= 0.3 is 6.03 Å². The fraction of sp³-hybridized carbons (Fsp3) is 0.900. The first kappa shape index (κ1) is 10.4. The first-order valence-corrected chi connectivity index (χ1v) is 5.08. The van der Waals surface area contributed by atoms with Crippen LogP contribution in [-0.2, 0) is 0 Å². The third-order valence-electron chi connectivity index (χ3n) is 2.64. The van der Waals surface area contributed by atoms with Gasteiger partial charge in [0.25, 0.3) is 0 Å². The molecule has 1 fully saturated rings. The summed E-state index contributed by atoms with van der Waals surface area (Å²) in [5.74, 6) is 0. The topological polar surface area (TPSA) is 41.1 Å². The molecule has 13 heavy (non-hydrogen) atoms. The molecule has 2 N–H and O–H groups in total. The third-order valence-corrected chi connectivity index (χ3v) is 2.64. The van der Waals surface area contributed by atoms with Gasteiger partial charge in [0.1, 0.15) is 0 Å². The number of urea groups is 1. The van der Waals surface area contributed by atoms with E-state index in [0.717, 1.165) is 12.8 Å². The summed E-state index contributed by atoms with van der Waals surface area (Å²) in [5.41, 5.74) is 0.407. The molecule has 76 valence electrons. The Balaban J connectivity index is 2.28. The molecule has 0 radical (unpaired) electrons. The van der Waals surface area contributed by atoms with Gasteiger partial charge in [0, 0.05) is 12.6 Å². The lowest BCUT2D eigenvalue weighted by Gasteiger charge is -2.17. The molecule has 3 heteroatoms. The van der Waals surface area contributed by atoms with Crippen LogP contribution in [0.25, 0.3) is 0 Å². The van der Waals surface area contributed by atoms with E-state index in [1.807, 2.05) is 6.92 Å². The summed E-state index contributed by atoms with van der Waals surface area (Å²) >= 11 is 0. The average Bonchev–Trinajstić information content (AvgIpc) is 2.30. The van der Waals surface area contributed by atoms with Gasteiger partial charge < -0.3 is 10.6 Å². The van der Waals surface area contributed by atoms with Crippen LogP contribution in [0.1, 0.15) is 40.0 Å². The lowest BCUT2D eigenvalue weighted by atomic mass is 9.92. The number of amides is 2. The molecule has 0 aliphatic heterocycles. The summed E-state index contributed by atoms with van der Waals surface area (Å²) in [6, 6.07) is 0.353. The largest absolute Gasteiger partial charge is 0.338 e. The zero-order valence-corrected chi connectivity index (χ0v) is 8.81. The van der Waals surface area contributed by atoms with Crippen molar-refractivity contribution in [2.45, 2.75) is 46.1 Å². The summed E-state index contributed by atoms with van der Waals surface area (Å²) in [4.78, 5) is 11.2. The molecule has 0 aromatic heterocycles. The van der Waals surface area contributed by atoms with Gasteiger partial charge in [0.15, 0.2) is 0 Å². The van der Waals surface area contributed by atoms with Crippen LogP contribution < -0.4 is 10.6 Å². The van der Waals surface area contributed by atoms with E-state index in [0.29, 0.717) is 18.0 Å². The van der Waals surface area contributed by atoms with Gasteiger partial charge in [-0.25, -0.2) is 4.79 Å². The van der Waals surface area contributed by atoms with Crippen LogP contribution in [0, 0.1) is 5.41 Å². The summed E-state index contributed by atoms with van der Waals surface area (Å²) in [6.45, 7) is 7.14. The number of carbonyl (C=O) groups excluding carboxylic acids is 1. The minimum atomic E-state index is -0.0230. The molecule has 0 aromatic rings. The molecule has 1 rings (SSSR count). The highest BCUT2D eigenvalue weighted by Crippen LogP contribution is 2.36. The van der Waals surface area contributed by atoms with Gasteiger partial charge in [-0.15, -0.1) is 0 Å². The van der Waals surface area contributed by atoms with Crippen molar-refractivity contribution in [2.24, 2.45) is 5.41 Å². The molecule has 3 nitrogen and oxygen atoms in total. The van der Waals surface area contributed by atoms with Crippen molar-refractivity contribution < 1.29 is 4.79 Å². The van der Waals surface area contributed by atoms with Crippen molar-refractivity contribution in [3.63, 3.8) is 0 Å². The van der Waals surface area contributed by atoms with Crippen LogP contribution in [-0.4, -0.2) is 18.6 Å². The minimum absolute atomic E-state index is 0.0230. The summed E-state index contributed by atoms with van der Waals surface area (Å²) in [6.07, 6.45) is 3.43. The lowest BCUT2D eigenvalue weighted by Crippen LogP contribution is -2.41. The van der Waals surface area contributed by atoms with E-state index in [1.165, 1.54) is 6.42 Å². The van der Waals surface area contributed by atoms with Gasteiger partial charge in [0.2, 0.25) is 0 Å². The predicted molar refractivity (Wildman–Crippen MR) is 53.6 cm³/mol. The van der Waals surface area contributed by atoms with Crippen LogP contribution in [0.5, 0.6) is 0 Å². The van der Waals surface area contributed by atoms with Crippen LogP contribution in [0.4, 0.5) is 4.79 Å². The Morgan fingerprint density at radius 2 is 2.23 bits per heavy atom. The van der Waals surface area contributed by atoms with E-state index < -0.39 is 0 Å². The maximum Gasteiger partial charge on any atom is 0.314 e. The first-order valence-electron chi connectivity index (χ1n) is 5.08. The summed E-state index contributed by atoms with van der Waals surface area (Å²) < 4.78 is 0. The van der Waals surface area contributed by atoms with Crippen molar-refractivity contribution in [3.05, 3.63) is 0 Å². The third kappa shape index (κ3) is 3.25. The van der Waals surface area contributed by atoms with Crippen molar-refractivity contribution in [1.29, 1.82) is 0 Å². The Morgan fingerprint density at radius 1 is 1.54 bits per heavy atom. The molecule has 1 aliphatic carbocycles. The van der Waals surface area contributed by atoms with Crippen LogP contribution in [0.2, 0.25) is 0 Å². The highest BCUT2D eigenvalue weighted by atomic mass is 16.2. The summed E-state index contributed by atoms with van der Waals surface area (Å²) in [7, 11) is 0. The second-order valence-electron chi connectivity index (χ2n) is 4.61. The normalized spacial score (nSPS) is 25.6. The maximum absolute atomic E-state index is 11.2. The van der Waals surface area contributed by atoms with Crippen molar-refractivity contribution >= 4 is 6.03 Å². The number of nitrogens with one attached hydrogen (secondary N) is 2. The molecule has 2 amide bonds. The van der Waals surface area contributed by atoms with Gasteiger partial charge in [-0.05, 0) is 31.6 Å². The molecule has 1 aliphatic rings. The number of carbonyl (C=O) groups is 1. The number of hydrogen-bond acceptors (Lipinski definition) is 1. The number of hydrogen-bond donors (Lipinski definition) is 2. The van der Waals surface area contributed by atoms with Crippen LogP contribution in [0.15, 0.2) is 0 Å². The molecule has 0 aromatic carbocycles. The Morgan fingerprint density at radius 3 is 2.69 bits per heavy atom. The van der Waals surface area contributed by atoms with Crippen LogP contribution in [0.3, 0.4) is 0 Å². The SMILES string of the molecule is CCNC(=O)NC1CCC(C)(C)C1. The minimum Gasteiger partial charge on any atom is -0.338 e. The molecule has 1 atom stereocenters. The smallest absolute Gasteiger partial charge is 0.314 e. The first-order chi connectivity index (χ1) is 6.03. The second-order valence-corrected chi connectivity index (χ2v) is 4.61. The average molecular weight is 184 g/mol. The monoisotopic (exact) mass is 184 g/mol. The maximum atomic E-state index is 11.2. The second kappa shape index (κ2) is 3.99. The van der Waals surface area contributed by atoms with Gasteiger partial charge in [0.05, 0.1) is 0 Å². The highest BCUT2D eigenvalue weighted by Gasteiger charge is 2.31. The number of rotatable bonds is 2. The van der Waals surface area contributed by atoms with Crippen molar-refractivity contribution in [1.82, 2.24) is 10.6 Å². The Labute approximate surface area is 80.3 Å². The van der Waals surface area contributed by atoms with E-state index in [1.54, 1.807) is 0 Å². The molecule has 1 unspecified atom stereocenters. The van der Waals surface area contributed by atoms with Gasteiger partial charge in [-0.1, -0.05) is 13.8 Å². The van der Waals surface area contributed by atoms with E-state index in [-0.39, 0.29) is 6.03 Å². The molecule has 0 spiro atoms. The molecule has 0 heterocycles. The molecule has 1 saturated carbocycles. The Bertz CT molecular complexity index is 189. The van der Waals surface area contributed by atoms with E-state index in [9.17, 15) is 4.79 Å². The molecule has 0 saturated heterocycles.